The van der Waals surface area contributed by atoms with Crippen molar-refractivity contribution in [3.8, 4) is 0 Å². The molecule has 0 spiro atoms. The van der Waals surface area contributed by atoms with Gasteiger partial charge in [-0.2, -0.15) is 33.7 Å². The predicted octanol–water partition coefficient (Wildman–Crippen LogP) is 7.17. The van der Waals surface area contributed by atoms with Gasteiger partial charge in [-0.3, -0.25) is 18.2 Å². The van der Waals surface area contributed by atoms with Crippen molar-refractivity contribution in [2.45, 2.75) is 19.6 Å². The van der Waals surface area contributed by atoms with Gasteiger partial charge >= 0.3 is 0 Å². The maximum Gasteiger partial charge on any atom is 0.296 e. The van der Waals surface area contributed by atoms with Crippen LogP contribution in [0.4, 0.5) is 28.4 Å². The monoisotopic (exact) mass is 1040 g/mol. The smallest absolute Gasteiger partial charge is 0.296 e. The third kappa shape index (κ3) is 13.0. The molecule has 0 amide bonds. The van der Waals surface area contributed by atoms with Gasteiger partial charge < -0.3 is 5.11 Å². The third-order valence-corrected chi connectivity index (χ3v) is 12.7. The SMILES string of the molecule is O=S(=O)(O)c1ccc(S(=O)(=O)O)c(N=Nc2ccc(N=Nc3ccc(N=C(O)c4ccc5nc(Cl)c(Cl)nc5c4)c4c(S(=O)(=O)O)cccc34)c3ccc(S(=O)(=O)O)cc23)c1.[Na].[Na].[Na].[Na]. The van der Waals surface area contributed by atoms with Crippen LogP contribution in [0.25, 0.3) is 32.6 Å². The molecule has 5 N–H and O–H groups in total. The summed E-state index contributed by atoms with van der Waals surface area (Å²) in [7, 11) is -19.6. The number of aliphatic hydroxyl groups is 1. The van der Waals surface area contributed by atoms with Crippen LogP contribution >= 0.6 is 23.2 Å². The van der Waals surface area contributed by atoms with Gasteiger partial charge in [-0.05, 0) is 78.9 Å². The molecule has 7 aromatic rings. The standard InChI is InChI=1S/C35H21Cl2N7O13S4.4Na/c36-33-34(37)39-28-14-17(4-8-26(28)38-33)35(45)40-27-12-11-24(21-2-1-3-31(32(21)27)61(55,56)57)42-41-23-9-10-25(22-15-18(58(46,47)48)5-7-20(22)23)43-44-29-16-19(59(49,50)51)6-13-30(29)60(52,53)54;;;;/h1-16H,(H,40,45)(H,46,47,48)(H,49,50,51)(H,52,53,54)(H,55,56,57);;;;. The fourth-order valence-electron chi connectivity index (χ4n) is 5.86. The zero-order valence-electron chi connectivity index (χ0n) is 33.8. The Kier molecular flexibility index (Phi) is 19.6. The van der Waals surface area contributed by atoms with E-state index in [1.165, 1.54) is 60.7 Å². The Morgan fingerprint density at radius 1 is 0.462 bits per heavy atom. The van der Waals surface area contributed by atoms with Gasteiger partial charge in [-0.1, -0.05) is 41.4 Å². The van der Waals surface area contributed by atoms with E-state index in [-0.39, 0.29) is 184 Å². The largest absolute Gasteiger partial charge is 0.493 e. The van der Waals surface area contributed by atoms with E-state index < -0.39 is 71.6 Å². The summed E-state index contributed by atoms with van der Waals surface area (Å²) in [6, 6.07) is 18.5. The molecule has 4 radical (unpaired) electrons. The van der Waals surface area contributed by atoms with E-state index in [4.69, 9.17) is 23.2 Å². The molecule has 6 aromatic carbocycles. The van der Waals surface area contributed by atoms with Crippen LogP contribution in [0.2, 0.25) is 10.3 Å². The molecule has 0 bridgehead atoms. The summed E-state index contributed by atoms with van der Waals surface area (Å²) in [5.41, 5.74) is -0.313. The molecule has 0 saturated carbocycles. The summed E-state index contributed by atoms with van der Waals surface area (Å²) < 4.78 is 136. The first-order valence-electron chi connectivity index (χ1n) is 16.4. The van der Waals surface area contributed by atoms with Crippen LogP contribution in [-0.2, 0) is 40.5 Å². The first-order chi connectivity index (χ1) is 28.5. The van der Waals surface area contributed by atoms with Crippen LogP contribution in [0.15, 0.2) is 142 Å². The minimum Gasteiger partial charge on any atom is -0.493 e. The van der Waals surface area contributed by atoms with E-state index in [2.05, 4.69) is 35.4 Å². The van der Waals surface area contributed by atoms with Crippen molar-refractivity contribution in [2.75, 3.05) is 0 Å². The quantitative estimate of drug-likeness (QED) is 0.0298. The number of hydrogen-bond donors (Lipinski definition) is 5. The van der Waals surface area contributed by atoms with Gasteiger partial charge in [0.15, 0.2) is 10.3 Å². The molecular weight excluding hydrogens is 1020 g/mol. The van der Waals surface area contributed by atoms with Crippen molar-refractivity contribution in [2.24, 2.45) is 25.4 Å². The average molecular weight is 1040 g/mol. The Hall–Kier alpha value is -1.93. The summed E-state index contributed by atoms with van der Waals surface area (Å²) in [5, 5.41) is 27.1. The third-order valence-electron chi connectivity index (χ3n) is 8.58. The molecule has 0 aliphatic heterocycles. The van der Waals surface area contributed by atoms with Gasteiger partial charge in [-0.15, -0.1) is 20.5 Å². The second kappa shape index (κ2) is 22.2. The summed E-state index contributed by atoms with van der Waals surface area (Å²) >= 11 is 11.9. The first-order valence-corrected chi connectivity index (χ1v) is 22.9. The van der Waals surface area contributed by atoms with Crippen LogP contribution in [0.5, 0.6) is 0 Å². The van der Waals surface area contributed by atoms with Crippen molar-refractivity contribution >= 4 is 249 Å². The minimum atomic E-state index is -5.02. The van der Waals surface area contributed by atoms with Crippen LogP contribution < -0.4 is 0 Å². The van der Waals surface area contributed by atoms with Gasteiger partial charge in [0.2, 0.25) is 5.90 Å². The fourth-order valence-corrected chi connectivity index (χ4v) is 8.47. The predicted molar refractivity (Wildman–Crippen MR) is 243 cm³/mol. The van der Waals surface area contributed by atoms with Crippen LogP contribution in [-0.4, -0.2) is 191 Å². The molecule has 0 atom stereocenters. The zero-order valence-corrected chi connectivity index (χ0v) is 46.5. The molecule has 65 heavy (non-hydrogen) atoms. The second-order valence-corrected chi connectivity index (χ2v) is 18.8. The average Bonchev–Trinajstić information content (AvgIpc) is 3.18. The van der Waals surface area contributed by atoms with E-state index in [0.717, 1.165) is 18.2 Å². The fraction of sp³-hybridized carbons (Fsp3) is 0. The van der Waals surface area contributed by atoms with Crippen LogP contribution in [0.1, 0.15) is 5.56 Å². The Morgan fingerprint density at radius 3 is 1.52 bits per heavy atom. The molecule has 1 aromatic heterocycles. The Balaban J connectivity index is 0.00000281. The first kappa shape index (κ1) is 57.4. The van der Waals surface area contributed by atoms with Crippen molar-refractivity contribution in [3.05, 3.63) is 113 Å². The molecule has 316 valence electrons. The van der Waals surface area contributed by atoms with Gasteiger partial charge in [0.05, 0.1) is 43.6 Å². The number of nitrogens with zero attached hydrogens (tertiary/aromatic N) is 7. The number of benzene rings is 6. The number of aliphatic hydroxyl groups excluding tert-OH is 1. The minimum absolute atomic E-state index is 0. The Bertz CT molecular complexity index is 3610. The number of azo groups is 2. The van der Waals surface area contributed by atoms with Crippen LogP contribution in [0.3, 0.4) is 0 Å². The van der Waals surface area contributed by atoms with Gasteiger partial charge in [0.1, 0.15) is 15.5 Å². The zero-order chi connectivity index (χ0) is 44.2. The van der Waals surface area contributed by atoms with E-state index in [9.17, 15) is 57.0 Å². The van der Waals surface area contributed by atoms with Gasteiger partial charge in [-0.25, -0.2) is 15.0 Å². The van der Waals surface area contributed by atoms with E-state index in [0.29, 0.717) is 23.7 Å². The van der Waals surface area contributed by atoms with Crippen molar-refractivity contribution in [3.63, 3.8) is 0 Å². The second-order valence-electron chi connectivity index (χ2n) is 12.5. The Morgan fingerprint density at radius 2 is 0.954 bits per heavy atom. The summed E-state index contributed by atoms with van der Waals surface area (Å²) in [4.78, 5) is 9.55. The molecule has 0 fully saturated rings. The summed E-state index contributed by atoms with van der Waals surface area (Å²) in [6.07, 6.45) is 0. The van der Waals surface area contributed by atoms with E-state index in [1.54, 1.807) is 0 Å². The maximum atomic E-state index is 12.6. The number of hydrogen-bond acceptors (Lipinski definition) is 15. The summed E-state index contributed by atoms with van der Waals surface area (Å²) in [5.74, 6) is -0.594. The number of rotatable bonds is 10. The number of fused-ring (bicyclic) bond motifs is 3. The number of aliphatic imine (C=N–C) groups is 1. The molecule has 20 nitrogen and oxygen atoms in total. The molecule has 30 heteroatoms. The Labute approximate surface area is 467 Å². The molecule has 0 aliphatic rings. The molecular formula is C35H21Cl2N7Na4O13S4. The molecule has 0 saturated heterocycles. The summed E-state index contributed by atoms with van der Waals surface area (Å²) in [6.45, 7) is 0. The molecule has 7 rings (SSSR count). The van der Waals surface area contributed by atoms with E-state index in [1.807, 2.05) is 0 Å². The molecule has 0 aliphatic carbocycles. The number of halogens is 2. The maximum absolute atomic E-state index is 12.6. The van der Waals surface area contributed by atoms with Crippen molar-refractivity contribution in [1.82, 2.24) is 9.97 Å². The van der Waals surface area contributed by atoms with E-state index >= 15 is 0 Å². The molecule has 1 heterocycles. The van der Waals surface area contributed by atoms with Gasteiger partial charge in [0, 0.05) is 145 Å². The normalized spacial score (nSPS) is 12.5. The van der Waals surface area contributed by atoms with Crippen molar-refractivity contribution < 1.29 is 57.0 Å². The van der Waals surface area contributed by atoms with Crippen LogP contribution in [0, 0.1) is 0 Å². The topological polar surface area (TPSA) is 325 Å². The number of aromatic nitrogens is 2. The van der Waals surface area contributed by atoms with Gasteiger partial charge in [0.25, 0.3) is 40.5 Å². The molecule has 0 unspecified atom stereocenters. The van der Waals surface area contributed by atoms with Crippen molar-refractivity contribution in [1.29, 1.82) is 0 Å².